The fraction of sp³-hybridized carbons (Fsp3) is 0.294. The van der Waals surface area contributed by atoms with Crippen LogP contribution in [0.3, 0.4) is 0 Å². The summed E-state index contributed by atoms with van der Waals surface area (Å²) in [6, 6.07) is -0.608. The Morgan fingerprint density at radius 1 is 0.484 bits per heavy atom. The first-order valence-corrected chi connectivity index (χ1v) is 7.82. The van der Waals surface area contributed by atoms with Crippen molar-refractivity contribution in [2.45, 2.75) is 30.1 Å². The van der Waals surface area contributed by atoms with E-state index in [1.807, 2.05) is 0 Å². The summed E-state index contributed by atoms with van der Waals surface area (Å²) in [6.07, 6.45) is -23.7. The third kappa shape index (κ3) is 4.06. The van der Waals surface area contributed by atoms with Gasteiger partial charge in [0.15, 0.2) is 0 Å². The van der Waals surface area contributed by atoms with E-state index >= 15 is 0 Å². The van der Waals surface area contributed by atoms with Gasteiger partial charge in [-0.2, -0.15) is 52.7 Å². The molecular weight excluding hydrogens is 460 g/mol. The Morgan fingerprint density at radius 2 is 0.774 bits per heavy atom. The Kier molecular flexibility index (Phi) is 5.62. The number of nitrogens with two attached hydrogens (primary N) is 2. The first kappa shape index (κ1) is 24.5. The SMILES string of the molecule is Nc1ccc(C(c2ccc(N)c(C(F)(F)F)c2)(C(F)(F)F)C(F)(F)F)cc1C(F)(F)F. The van der Waals surface area contributed by atoms with Crippen molar-refractivity contribution in [1.29, 1.82) is 0 Å². The maximum absolute atomic E-state index is 14.0. The van der Waals surface area contributed by atoms with E-state index in [9.17, 15) is 52.7 Å². The predicted octanol–water partition coefficient (Wildman–Crippen LogP) is 6.30. The summed E-state index contributed by atoms with van der Waals surface area (Å²) >= 11 is 0. The molecule has 0 radical (unpaired) electrons. The molecule has 0 amide bonds. The van der Waals surface area contributed by atoms with E-state index in [1.54, 1.807) is 0 Å². The number of hydrogen-bond donors (Lipinski definition) is 2. The molecule has 2 nitrogen and oxygen atoms in total. The lowest BCUT2D eigenvalue weighted by Gasteiger charge is -2.39. The normalized spacial score (nSPS) is 14.1. The van der Waals surface area contributed by atoms with Crippen LogP contribution in [0.2, 0.25) is 0 Å². The topological polar surface area (TPSA) is 52.0 Å². The van der Waals surface area contributed by atoms with Crippen LogP contribution >= 0.6 is 0 Å². The van der Waals surface area contributed by atoms with Crippen LogP contribution < -0.4 is 11.5 Å². The lowest BCUT2D eigenvalue weighted by Crippen LogP contribution is -2.55. The Balaban J connectivity index is 3.06. The molecule has 0 aliphatic heterocycles. The van der Waals surface area contributed by atoms with E-state index in [0.717, 1.165) is 0 Å². The highest BCUT2D eigenvalue weighted by Gasteiger charge is 2.73. The van der Waals surface area contributed by atoms with Gasteiger partial charge in [0.25, 0.3) is 0 Å². The van der Waals surface area contributed by atoms with E-state index in [0.29, 0.717) is 0 Å². The van der Waals surface area contributed by atoms with E-state index in [2.05, 4.69) is 0 Å². The minimum absolute atomic E-state index is 0.0230. The summed E-state index contributed by atoms with van der Waals surface area (Å²) in [4.78, 5) is 0. The maximum atomic E-state index is 14.0. The molecule has 0 atom stereocenters. The van der Waals surface area contributed by atoms with E-state index < -0.39 is 75.9 Å². The quantitative estimate of drug-likeness (QED) is 0.400. The van der Waals surface area contributed by atoms with Crippen LogP contribution in [0.25, 0.3) is 0 Å². The fourth-order valence-electron chi connectivity index (χ4n) is 3.05. The number of hydrogen-bond acceptors (Lipinski definition) is 2. The van der Waals surface area contributed by atoms with Crippen LogP contribution in [0.1, 0.15) is 22.3 Å². The summed E-state index contributed by atoms with van der Waals surface area (Å²) in [7, 11) is 0. The zero-order valence-electron chi connectivity index (χ0n) is 14.7. The smallest absolute Gasteiger partial charge is 0.398 e. The molecule has 0 saturated heterocycles. The molecule has 0 saturated carbocycles. The van der Waals surface area contributed by atoms with Crippen molar-refractivity contribution in [3.8, 4) is 0 Å². The van der Waals surface area contributed by atoms with E-state index in [-0.39, 0.29) is 24.3 Å². The molecular formula is C17H10F12N2. The highest BCUT2D eigenvalue weighted by atomic mass is 19.4. The molecule has 0 fully saturated rings. The molecule has 172 valence electrons. The number of nitrogen functional groups attached to an aromatic ring is 2. The van der Waals surface area contributed by atoms with Crippen LogP contribution in [0.4, 0.5) is 64.1 Å². The van der Waals surface area contributed by atoms with Gasteiger partial charge in [0.1, 0.15) is 0 Å². The van der Waals surface area contributed by atoms with Gasteiger partial charge in [-0.25, -0.2) is 0 Å². The van der Waals surface area contributed by atoms with E-state index in [4.69, 9.17) is 11.5 Å². The number of alkyl halides is 12. The minimum atomic E-state index is -6.41. The fourth-order valence-corrected chi connectivity index (χ4v) is 3.05. The van der Waals surface area contributed by atoms with E-state index in [1.165, 1.54) is 0 Å². The molecule has 14 heteroatoms. The number of rotatable bonds is 2. The standard InChI is InChI=1S/C17H10F12N2/c18-14(19,20)9-5-7(1-3-11(9)30)13(16(24,25)26,17(27,28)29)8-2-4-12(31)10(6-8)15(21,22)23/h1-6H,30-31H2. The van der Waals surface area contributed by atoms with Crippen molar-refractivity contribution in [1.82, 2.24) is 0 Å². The van der Waals surface area contributed by atoms with Gasteiger partial charge in [0.05, 0.1) is 11.1 Å². The van der Waals surface area contributed by atoms with Crippen LogP contribution in [0.5, 0.6) is 0 Å². The van der Waals surface area contributed by atoms with Gasteiger partial charge in [0, 0.05) is 11.4 Å². The molecule has 0 bridgehead atoms. The van der Waals surface area contributed by atoms with Crippen molar-refractivity contribution < 1.29 is 52.7 Å². The van der Waals surface area contributed by atoms with Crippen molar-refractivity contribution >= 4 is 11.4 Å². The summed E-state index contributed by atoms with van der Waals surface area (Å²) < 4.78 is 162. The van der Waals surface area contributed by atoms with Crippen molar-refractivity contribution in [2.24, 2.45) is 0 Å². The molecule has 2 aromatic carbocycles. The molecule has 0 aromatic heterocycles. The zero-order chi connectivity index (χ0) is 24.2. The van der Waals surface area contributed by atoms with Crippen LogP contribution in [-0.4, -0.2) is 12.4 Å². The second-order valence-corrected chi connectivity index (χ2v) is 6.35. The van der Waals surface area contributed by atoms with Crippen LogP contribution in [-0.2, 0) is 17.8 Å². The first-order valence-electron chi connectivity index (χ1n) is 7.82. The molecule has 0 heterocycles. The molecule has 0 aliphatic rings. The Morgan fingerprint density at radius 3 is 1.00 bits per heavy atom. The number of anilines is 2. The second kappa shape index (κ2) is 7.12. The molecule has 4 N–H and O–H groups in total. The molecule has 2 aromatic rings. The molecule has 0 unspecified atom stereocenters. The van der Waals surface area contributed by atoms with Gasteiger partial charge in [-0.1, -0.05) is 12.1 Å². The molecule has 0 spiro atoms. The minimum Gasteiger partial charge on any atom is -0.398 e. The van der Waals surface area contributed by atoms with Gasteiger partial charge in [-0.3, -0.25) is 0 Å². The van der Waals surface area contributed by atoms with Gasteiger partial charge in [-0.15, -0.1) is 0 Å². The van der Waals surface area contributed by atoms with Crippen molar-refractivity contribution in [3.05, 3.63) is 58.7 Å². The highest BCUT2D eigenvalue weighted by Crippen LogP contribution is 2.57. The van der Waals surface area contributed by atoms with Gasteiger partial charge in [-0.05, 0) is 35.4 Å². The average molecular weight is 470 g/mol. The highest BCUT2D eigenvalue weighted by molar-refractivity contribution is 5.58. The van der Waals surface area contributed by atoms with Crippen LogP contribution in [0.15, 0.2) is 36.4 Å². The summed E-state index contributed by atoms with van der Waals surface area (Å²) in [6.45, 7) is 0. The van der Waals surface area contributed by atoms with Crippen LogP contribution in [0, 0.1) is 0 Å². The Bertz CT molecular complexity index is 888. The van der Waals surface area contributed by atoms with Crippen molar-refractivity contribution in [3.63, 3.8) is 0 Å². The average Bonchev–Trinajstić information content (AvgIpc) is 2.53. The van der Waals surface area contributed by atoms with Gasteiger partial charge < -0.3 is 11.5 Å². The second-order valence-electron chi connectivity index (χ2n) is 6.35. The summed E-state index contributed by atoms with van der Waals surface area (Å²) in [5, 5.41) is 0. The third-order valence-electron chi connectivity index (χ3n) is 4.43. The Hall–Kier alpha value is -2.80. The Labute approximate surface area is 165 Å². The number of benzene rings is 2. The largest absolute Gasteiger partial charge is 0.418 e. The van der Waals surface area contributed by atoms with Crippen molar-refractivity contribution in [2.75, 3.05) is 11.5 Å². The summed E-state index contributed by atoms with van der Waals surface area (Å²) in [5.74, 6) is 0. The van der Waals surface area contributed by atoms with Gasteiger partial charge >= 0.3 is 24.7 Å². The lowest BCUT2D eigenvalue weighted by atomic mass is 9.72. The molecule has 31 heavy (non-hydrogen) atoms. The summed E-state index contributed by atoms with van der Waals surface area (Å²) in [5.41, 5.74) is -5.63. The van der Waals surface area contributed by atoms with Gasteiger partial charge in [0.2, 0.25) is 5.41 Å². The lowest BCUT2D eigenvalue weighted by molar-refractivity contribution is -0.288. The predicted molar refractivity (Wildman–Crippen MR) is 84.6 cm³/mol. The maximum Gasteiger partial charge on any atom is 0.418 e. The zero-order valence-corrected chi connectivity index (χ0v) is 14.7. The third-order valence-corrected chi connectivity index (χ3v) is 4.43. The molecule has 2 rings (SSSR count). The molecule has 0 aliphatic carbocycles. The number of halogens is 12. The monoisotopic (exact) mass is 470 g/mol. The first-order chi connectivity index (χ1) is 13.7.